The SMILES string of the molecule is CC(C)NC(=O)c1ccc(CSc2nc(Cl)cc(N3CCN(CC=Cc4ccccc4)CC3)n2)cc1. The van der Waals surface area contributed by atoms with Gasteiger partial charge in [0.15, 0.2) is 5.16 Å². The van der Waals surface area contributed by atoms with E-state index in [4.69, 9.17) is 16.6 Å². The number of amides is 1. The molecule has 0 aliphatic carbocycles. The summed E-state index contributed by atoms with van der Waals surface area (Å²) in [5.41, 5.74) is 2.99. The minimum atomic E-state index is -0.0562. The van der Waals surface area contributed by atoms with Gasteiger partial charge in [-0.3, -0.25) is 9.69 Å². The first kappa shape index (κ1) is 26.2. The quantitative estimate of drug-likeness (QED) is 0.231. The summed E-state index contributed by atoms with van der Waals surface area (Å²) in [5, 5.41) is 4.02. The van der Waals surface area contributed by atoms with E-state index < -0.39 is 0 Å². The molecule has 2 aromatic carbocycles. The standard InChI is InChI=1S/C28H32ClN5OS/c1-21(2)30-27(35)24-12-10-23(11-13-24)20-36-28-31-25(29)19-26(32-28)34-17-15-33(16-18-34)14-6-9-22-7-4-3-5-8-22/h3-13,19,21H,14-18,20H2,1-2H3,(H,30,35). The van der Waals surface area contributed by atoms with Crippen LogP contribution in [-0.2, 0) is 5.75 Å². The van der Waals surface area contributed by atoms with Crippen LogP contribution in [0.5, 0.6) is 0 Å². The Morgan fingerprint density at radius 2 is 1.78 bits per heavy atom. The van der Waals surface area contributed by atoms with Crippen LogP contribution < -0.4 is 10.2 Å². The fraction of sp³-hybridized carbons (Fsp3) is 0.321. The lowest BCUT2D eigenvalue weighted by Crippen LogP contribution is -2.46. The van der Waals surface area contributed by atoms with Crippen LogP contribution in [-0.4, -0.2) is 59.5 Å². The number of thioether (sulfide) groups is 1. The first-order valence-corrected chi connectivity index (χ1v) is 13.6. The Morgan fingerprint density at radius 3 is 2.47 bits per heavy atom. The van der Waals surface area contributed by atoms with Crippen molar-refractivity contribution in [2.75, 3.05) is 37.6 Å². The molecule has 1 saturated heterocycles. The molecule has 188 valence electrons. The molecule has 0 atom stereocenters. The molecule has 1 amide bonds. The highest BCUT2D eigenvalue weighted by Crippen LogP contribution is 2.25. The second-order valence-corrected chi connectivity index (χ2v) is 10.4. The number of halogens is 1. The maximum Gasteiger partial charge on any atom is 0.251 e. The van der Waals surface area contributed by atoms with E-state index in [0.29, 0.717) is 21.6 Å². The average molecular weight is 522 g/mol. The zero-order chi connectivity index (χ0) is 25.3. The van der Waals surface area contributed by atoms with Crippen molar-refractivity contribution in [1.29, 1.82) is 0 Å². The van der Waals surface area contributed by atoms with E-state index in [0.717, 1.165) is 44.1 Å². The number of benzene rings is 2. The molecule has 0 saturated carbocycles. The highest BCUT2D eigenvalue weighted by molar-refractivity contribution is 7.98. The number of nitrogens with one attached hydrogen (secondary N) is 1. The molecule has 36 heavy (non-hydrogen) atoms. The lowest BCUT2D eigenvalue weighted by atomic mass is 10.1. The highest BCUT2D eigenvalue weighted by Gasteiger charge is 2.18. The summed E-state index contributed by atoms with van der Waals surface area (Å²) in [7, 11) is 0. The van der Waals surface area contributed by atoms with Crippen molar-refractivity contribution in [1.82, 2.24) is 20.2 Å². The van der Waals surface area contributed by atoms with Crippen molar-refractivity contribution in [2.45, 2.75) is 30.8 Å². The Hall–Kier alpha value is -2.87. The van der Waals surface area contributed by atoms with Crippen LogP contribution in [0.2, 0.25) is 5.15 Å². The van der Waals surface area contributed by atoms with Gasteiger partial charge in [-0.05, 0) is 37.1 Å². The Morgan fingerprint density at radius 1 is 1.06 bits per heavy atom. The van der Waals surface area contributed by atoms with E-state index in [2.05, 4.69) is 56.5 Å². The van der Waals surface area contributed by atoms with E-state index in [1.807, 2.05) is 50.2 Å². The number of carbonyl (C=O) groups excluding carboxylic acids is 1. The van der Waals surface area contributed by atoms with Crippen LogP contribution >= 0.6 is 23.4 Å². The molecule has 8 heteroatoms. The van der Waals surface area contributed by atoms with Gasteiger partial charge in [-0.2, -0.15) is 0 Å². The average Bonchev–Trinajstić information content (AvgIpc) is 2.88. The molecular weight excluding hydrogens is 490 g/mol. The Balaban J connectivity index is 1.29. The van der Waals surface area contributed by atoms with Gasteiger partial charge in [0.2, 0.25) is 0 Å². The molecule has 0 unspecified atom stereocenters. The molecule has 2 heterocycles. The van der Waals surface area contributed by atoms with Gasteiger partial charge < -0.3 is 10.2 Å². The Labute approximate surface area is 222 Å². The molecule has 1 aliphatic heterocycles. The first-order valence-electron chi connectivity index (χ1n) is 12.2. The predicted octanol–water partition coefficient (Wildman–Crippen LogP) is 5.40. The number of piperazine rings is 1. The molecule has 0 bridgehead atoms. The van der Waals surface area contributed by atoms with Crippen LogP contribution in [0.3, 0.4) is 0 Å². The third kappa shape index (κ3) is 7.82. The van der Waals surface area contributed by atoms with E-state index in [1.165, 1.54) is 5.56 Å². The summed E-state index contributed by atoms with van der Waals surface area (Å²) in [6, 6.07) is 20.0. The number of nitrogens with zero attached hydrogens (tertiary/aromatic N) is 4. The third-order valence-corrected chi connectivity index (χ3v) is 6.95. The van der Waals surface area contributed by atoms with E-state index in [-0.39, 0.29) is 11.9 Å². The second-order valence-electron chi connectivity index (χ2n) is 9.05. The van der Waals surface area contributed by atoms with E-state index in [9.17, 15) is 4.79 Å². The summed E-state index contributed by atoms with van der Waals surface area (Å²) in [6.07, 6.45) is 4.40. The zero-order valence-electron chi connectivity index (χ0n) is 20.7. The highest BCUT2D eigenvalue weighted by atomic mass is 35.5. The van der Waals surface area contributed by atoms with Crippen molar-refractivity contribution in [3.05, 3.63) is 88.6 Å². The van der Waals surface area contributed by atoms with Crippen molar-refractivity contribution in [3.8, 4) is 0 Å². The van der Waals surface area contributed by atoms with Gasteiger partial charge in [0.05, 0.1) is 0 Å². The Kier molecular flexibility index (Phi) is 9.39. The van der Waals surface area contributed by atoms with Gasteiger partial charge in [-0.25, -0.2) is 9.97 Å². The largest absolute Gasteiger partial charge is 0.354 e. The summed E-state index contributed by atoms with van der Waals surface area (Å²) in [6.45, 7) is 8.58. The third-order valence-electron chi connectivity index (χ3n) is 5.83. The smallest absolute Gasteiger partial charge is 0.251 e. The number of rotatable bonds is 9. The van der Waals surface area contributed by atoms with Crippen LogP contribution in [0.15, 0.2) is 71.9 Å². The number of carbonyl (C=O) groups is 1. The molecule has 0 radical (unpaired) electrons. The van der Waals surface area contributed by atoms with Crippen LogP contribution in [0.1, 0.15) is 35.3 Å². The number of anilines is 1. The molecule has 0 spiro atoms. The maximum atomic E-state index is 12.1. The minimum absolute atomic E-state index is 0.0562. The number of hydrogen-bond donors (Lipinski definition) is 1. The maximum absolute atomic E-state index is 12.1. The van der Waals surface area contributed by atoms with Crippen LogP contribution in [0.4, 0.5) is 5.82 Å². The normalized spacial score (nSPS) is 14.5. The van der Waals surface area contributed by atoms with Crippen LogP contribution in [0, 0.1) is 0 Å². The minimum Gasteiger partial charge on any atom is -0.354 e. The van der Waals surface area contributed by atoms with Gasteiger partial charge in [0.1, 0.15) is 11.0 Å². The number of aromatic nitrogens is 2. The fourth-order valence-electron chi connectivity index (χ4n) is 3.92. The lowest BCUT2D eigenvalue weighted by molar-refractivity contribution is 0.0943. The number of hydrogen-bond acceptors (Lipinski definition) is 6. The van der Waals surface area contributed by atoms with Crippen molar-refractivity contribution in [2.24, 2.45) is 0 Å². The topological polar surface area (TPSA) is 61.4 Å². The molecule has 1 fully saturated rings. The van der Waals surface area contributed by atoms with Crippen molar-refractivity contribution < 1.29 is 4.79 Å². The fourth-order valence-corrected chi connectivity index (χ4v) is 4.96. The second kappa shape index (κ2) is 12.9. The molecule has 1 aromatic heterocycles. The summed E-state index contributed by atoms with van der Waals surface area (Å²) in [4.78, 5) is 26.0. The molecule has 1 aliphatic rings. The summed E-state index contributed by atoms with van der Waals surface area (Å²) < 4.78 is 0. The van der Waals surface area contributed by atoms with Gasteiger partial charge >= 0.3 is 0 Å². The molecule has 3 aromatic rings. The zero-order valence-corrected chi connectivity index (χ0v) is 22.3. The van der Waals surface area contributed by atoms with E-state index >= 15 is 0 Å². The lowest BCUT2D eigenvalue weighted by Gasteiger charge is -2.35. The van der Waals surface area contributed by atoms with Gasteiger partial charge in [-0.1, -0.05) is 78.0 Å². The van der Waals surface area contributed by atoms with Crippen molar-refractivity contribution >= 4 is 41.2 Å². The molecular formula is C28H32ClN5OS. The van der Waals surface area contributed by atoms with Crippen LogP contribution in [0.25, 0.3) is 6.08 Å². The monoisotopic (exact) mass is 521 g/mol. The van der Waals surface area contributed by atoms with Crippen molar-refractivity contribution in [3.63, 3.8) is 0 Å². The molecule has 6 nitrogen and oxygen atoms in total. The molecule has 1 N–H and O–H groups in total. The predicted molar refractivity (Wildman–Crippen MR) is 150 cm³/mol. The van der Waals surface area contributed by atoms with E-state index in [1.54, 1.807) is 11.8 Å². The van der Waals surface area contributed by atoms with Gasteiger partial charge in [0, 0.05) is 56.1 Å². The first-order chi connectivity index (χ1) is 17.5. The Bertz CT molecular complexity index is 1160. The van der Waals surface area contributed by atoms with Gasteiger partial charge in [-0.15, -0.1) is 0 Å². The summed E-state index contributed by atoms with van der Waals surface area (Å²) >= 11 is 7.90. The van der Waals surface area contributed by atoms with Gasteiger partial charge in [0.25, 0.3) is 5.91 Å². The molecule has 4 rings (SSSR count). The summed E-state index contributed by atoms with van der Waals surface area (Å²) in [5.74, 6) is 1.52.